The monoisotopic (exact) mass is 255 g/mol. The molecule has 5 heteroatoms. The summed E-state index contributed by atoms with van der Waals surface area (Å²) in [5, 5.41) is 11.8. The molecule has 100 valence electrons. The zero-order valence-electron chi connectivity index (χ0n) is 10.7. The van der Waals surface area contributed by atoms with Crippen molar-refractivity contribution in [2.24, 2.45) is 0 Å². The highest BCUT2D eigenvalue weighted by Crippen LogP contribution is 2.17. The summed E-state index contributed by atoms with van der Waals surface area (Å²) in [4.78, 5) is 11.5. The van der Waals surface area contributed by atoms with Gasteiger partial charge in [-0.2, -0.15) is 0 Å². The average Bonchev–Trinajstić information content (AvgIpc) is 2.26. The van der Waals surface area contributed by atoms with E-state index in [1.165, 1.54) is 0 Å². The fraction of sp³-hybridized carbons (Fsp3) is 0.462. The molecule has 2 N–H and O–H groups in total. The molecule has 1 rings (SSSR count). The first-order valence-corrected chi connectivity index (χ1v) is 5.66. The van der Waals surface area contributed by atoms with Gasteiger partial charge in [-0.25, -0.2) is 9.18 Å². The maximum absolute atomic E-state index is 12.2. The van der Waals surface area contributed by atoms with E-state index in [9.17, 15) is 14.3 Å². The van der Waals surface area contributed by atoms with Crippen LogP contribution in [0.2, 0.25) is 0 Å². The molecule has 0 saturated carbocycles. The summed E-state index contributed by atoms with van der Waals surface area (Å²) in [6, 6.07) is 6.27. The molecular weight excluding hydrogens is 237 g/mol. The first-order valence-electron chi connectivity index (χ1n) is 5.66. The molecule has 0 heterocycles. The van der Waals surface area contributed by atoms with Gasteiger partial charge in [0, 0.05) is 5.69 Å². The van der Waals surface area contributed by atoms with E-state index in [-0.39, 0.29) is 0 Å². The lowest BCUT2D eigenvalue weighted by molar-refractivity contribution is 0.0636. The number of amides is 1. The maximum atomic E-state index is 12.2. The van der Waals surface area contributed by atoms with Crippen LogP contribution in [-0.2, 0) is 4.74 Å². The number of nitrogens with one attached hydrogen (secondary N) is 1. The van der Waals surface area contributed by atoms with E-state index in [1.807, 2.05) is 0 Å². The summed E-state index contributed by atoms with van der Waals surface area (Å²) in [7, 11) is 0. The van der Waals surface area contributed by atoms with E-state index in [2.05, 4.69) is 5.32 Å². The van der Waals surface area contributed by atoms with Crippen LogP contribution in [0.1, 0.15) is 32.4 Å². The number of aliphatic hydroxyl groups excluding tert-OH is 1. The highest BCUT2D eigenvalue weighted by atomic mass is 19.1. The van der Waals surface area contributed by atoms with Gasteiger partial charge in [-0.05, 0) is 38.5 Å². The Kier molecular flexibility index (Phi) is 4.67. The Morgan fingerprint density at radius 3 is 2.39 bits per heavy atom. The summed E-state index contributed by atoms with van der Waals surface area (Å²) < 4.78 is 17.3. The summed E-state index contributed by atoms with van der Waals surface area (Å²) >= 11 is 0. The van der Waals surface area contributed by atoms with E-state index in [1.54, 1.807) is 45.0 Å². The fourth-order valence-corrected chi connectivity index (χ4v) is 1.30. The molecule has 0 aliphatic rings. The topological polar surface area (TPSA) is 58.6 Å². The van der Waals surface area contributed by atoms with Crippen LogP contribution in [0.3, 0.4) is 0 Å². The Morgan fingerprint density at radius 1 is 1.39 bits per heavy atom. The lowest BCUT2D eigenvalue weighted by atomic mass is 10.1. The number of rotatable bonds is 3. The van der Waals surface area contributed by atoms with Crippen molar-refractivity contribution >= 4 is 11.8 Å². The van der Waals surface area contributed by atoms with E-state index >= 15 is 0 Å². The Balaban J connectivity index is 2.61. The molecule has 1 aromatic rings. The van der Waals surface area contributed by atoms with E-state index < -0.39 is 24.5 Å². The SMILES string of the molecule is CC(C)(C)OC(=O)Nc1ccc(C(O)CF)cc1. The van der Waals surface area contributed by atoms with Crippen LogP contribution in [0.5, 0.6) is 0 Å². The Morgan fingerprint density at radius 2 is 1.94 bits per heavy atom. The second-order valence-electron chi connectivity index (χ2n) is 4.92. The fourth-order valence-electron chi connectivity index (χ4n) is 1.30. The smallest absolute Gasteiger partial charge is 0.412 e. The van der Waals surface area contributed by atoms with Gasteiger partial charge >= 0.3 is 6.09 Å². The molecule has 0 aliphatic carbocycles. The molecule has 0 bridgehead atoms. The maximum Gasteiger partial charge on any atom is 0.412 e. The van der Waals surface area contributed by atoms with E-state index in [4.69, 9.17) is 4.74 Å². The number of carbonyl (C=O) groups excluding carboxylic acids is 1. The standard InChI is InChI=1S/C13H18FNO3/c1-13(2,3)18-12(17)15-10-6-4-9(5-7-10)11(16)8-14/h4-7,11,16H,8H2,1-3H3,(H,15,17). The Hall–Kier alpha value is -1.62. The zero-order valence-corrected chi connectivity index (χ0v) is 10.7. The minimum absolute atomic E-state index is 0.465. The Bertz CT molecular complexity index is 398. The van der Waals surface area contributed by atoms with Crippen LogP contribution in [0, 0.1) is 0 Å². The van der Waals surface area contributed by atoms with Crippen molar-refractivity contribution in [1.29, 1.82) is 0 Å². The molecule has 1 amide bonds. The summed E-state index contributed by atoms with van der Waals surface area (Å²) in [6.45, 7) is 4.48. The number of hydrogen-bond donors (Lipinski definition) is 2. The van der Waals surface area contributed by atoms with Crippen molar-refractivity contribution in [1.82, 2.24) is 0 Å². The van der Waals surface area contributed by atoms with Crippen LogP contribution in [0.25, 0.3) is 0 Å². The number of anilines is 1. The summed E-state index contributed by atoms with van der Waals surface area (Å²) in [5.74, 6) is 0. The summed E-state index contributed by atoms with van der Waals surface area (Å²) in [6.07, 6.45) is -1.68. The number of hydrogen-bond acceptors (Lipinski definition) is 3. The zero-order chi connectivity index (χ0) is 13.8. The molecule has 0 aromatic heterocycles. The van der Waals surface area contributed by atoms with E-state index in [0.717, 1.165) is 0 Å². The number of aliphatic hydroxyl groups is 1. The molecule has 4 nitrogen and oxygen atoms in total. The van der Waals surface area contributed by atoms with Crippen LogP contribution in [0.15, 0.2) is 24.3 Å². The van der Waals surface area contributed by atoms with Crippen molar-refractivity contribution < 1.29 is 19.0 Å². The van der Waals surface area contributed by atoms with Crippen LogP contribution in [-0.4, -0.2) is 23.5 Å². The predicted octanol–water partition coefficient (Wildman–Crippen LogP) is 3.04. The minimum atomic E-state index is -1.12. The highest BCUT2D eigenvalue weighted by molar-refractivity contribution is 5.84. The Labute approximate surface area is 106 Å². The van der Waals surface area contributed by atoms with Crippen molar-refractivity contribution in [2.75, 3.05) is 12.0 Å². The third-order valence-corrected chi connectivity index (χ3v) is 2.09. The largest absolute Gasteiger partial charge is 0.444 e. The average molecular weight is 255 g/mol. The van der Waals surface area contributed by atoms with Crippen LogP contribution < -0.4 is 5.32 Å². The second kappa shape index (κ2) is 5.82. The molecule has 0 spiro atoms. The van der Waals surface area contributed by atoms with Gasteiger partial charge in [0.25, 0.3) is 0 Å². The first-order chi connectivity index (χ1) is 8.31. The third kappa shape index (κ3) is 4.71. The van der Waals surface area contributed by atoms with Crippen molar-refractivity contribution in [3.05, 3.63) is 29.8 Å². The van der Waals surface area contributed by atoms with Gasteiger partial charge in [-0.15, -0.1) is 0 Å². The first kappa shape index (κ1) is 14.4. The molecule has 0 radical (unpaired) electrons. The van der Waals surface area contributed by atoms with Gasteiger partial charge in [0.05, 0.1) is 0 Å². The number of benzene rings is 1. The van der Waals surface area contributed by atoms with Crippen LogP contribution >= 0.6 is 0 Å². The van der Waals surface area contributed by atoms with Crippen LogP contribution in [0.4, 0.5) is 14.9 Å². The third-order valence-electron chi connectivity index (χ3n) is 2.09. The molecule has 0 aliphatic heterocycles. The molecule has 18 heavy (non-hydrogen) atoms. The lowest BCUT2D eigenvalue weighted by Crippen LogP contribution is -2.27. The van der Waals surface area contributed by atoms with Crippen molar-refractivity contribution in [3.8, 4) is 0 Å². The molecule has 0 saturated heterocycles. The number of carbonyl (C=O) groups is 1. The molecular formula is C13H18FNO3. The molecule has 1 atom stereocenters. The lowest BCUT2D eigenvalue weighted by Gasteiger charge is -2.19. The van der Waals surface area contributed by atoms with Gasteiger partial charge in [-0.3, -0.25) is 5.32 Å². The normalized spacial score (nSPS) is 12.9. The molecule has 1 aromatic carbocycles. The van der Waals surface area contributed by atoms with Gasteiger partial charge in [0.1, 0.15) is 18.4 Å². The quantitative estimate of drug-likeness (QED) is 0.872. The summed E-state index contributed by atoms with van der Waals surface area (Å²) in [5.41, 5.74) is 0.431. The van der Waals surface area contributed by atoms with E-state index in [0.29, 0.717) is 11.3 Å². The second-order valence-corrected chi connectivity index (χ2v) is 4.92. The highest BCUT2D eigenvalue weighted by Gasteiger charge is 2.16. The van der Waals surface area contributed by atoms with Gasteiger partial charge < -0.3 is 9.84 Å². The number of halogens is 1. The number of ether oxygens (including phenoxy) is 1. The van der Waals surface area contributed by atoms with Gasteiger partial charge in [0.15, 0.2) is 0 Å². The predicted molar refractivity (Wildman–Crippen MR) is 67.2 cm³/mol. The number of alkyl halides is 1. The van der Waals surface area contributed by atoms with Gasteiger partial charge in [0.2, 0.25) is 0 Å². The molecule has 1 unspecified atom stereocenters. The van der Waals surface area contributed by atoms with Crippen molar-refractivity contribution in [2.45, 2.75) is 32.5 Å². The van der Waals surface area contributed by atoms with Crippen molar-refractivity contribution in [3.63, 3.8) is 0 Å². The molecule has 0 fully saturated rings. The minimum Gasteiger partial charge on any atom is -0.444 e. The van der Waals surface area contributed by atoms with Gasteiger partial charge in [-0.1, -0.05) is 12.1 Å².